The minimum Gasteiger partial charge on any atom is -0.497 e. The van der Waals surface area contributed by atoms with Gasteiger partial charge in [0, 0.05) is 24.6 Å². The normalized spacial score (nSPS) is 17.7. The Hall–Kier alpha value is -2.70. The number of aromatic nitrogens is 1. The lowest BCUT2D eigenvalue weighted by molar-refractivity contribution is -0.123. The number of rotatable bonds is 7. The number of benzene rings is 2. The van der Waals surface area contributed by atoms with Crippen LogP contribution in [-0.2, 0) is 26.6 Å². The van der Waals surface area contributed by atoms with Crippen molar-refractivity contribution < 1.29 is 31.1 Å². The maximum atomic E-state index is 14.0. The number of hydrogen-bond donors (Lipinski definition) is 2. The van der Waals surface area contributed by atoms with Gasteiger partial charge in [-0.25, -0.2) is 26.6 Å². The zero-order chi connectivity index (χ0) is 25.4. The van der Waals surface area contributed by atoms with Gasteiger partial charge in [0.15, 0.2) is 21.5 Å². The molecule has 188 valence electrons. The number of methoxy groups -OCH3 is 1. The molecule has 4 rings (SSSR count). The molecule has 0 saturated carbocycles. The first kappa shape index (κ1) is 25.4. The summed E-state index contributed by atoms with van der Waals surface area (Å²) >= 11 is 1.36. The summed E-state index contributed by atoms with van der Waals surface area (Å²) in [5, 5.41) is 3.51. The Kier molecular flexibility index (Phi) is 7.07. The Morgan fingerprint density at radius 1 is 1.17 bits per heavy atom. The summed E-state index contributed by atoms with van der Waals surface area (Å²) < 4.78 is 71.0. The number of nitrogens with one attached hydrogen (secondary N) is 1. The van der Waals surface area contributed by atoms with Crippen LogP contribution in [0.5, 0.6) is 5.75 Å². The van der Waals surface area contributed by atoms with E-state index in [9.17, 15) is 26.4 Å². The summed E-state index contributed by atoms with van der Waals surface area (Å²) in [6.07, 6.45) is -0.124. The number of halogens is 3. The van der Waals surface area contributed by atoms with Crippen molar-refractivity contribution in [1.82, 2.24) is 10.3 Å². The van der Waals surface area contributed by atoms with Gasteiger partial charge in [-0.1, -0.05) is 0 Å². The van der Waals surface area contributed by atoms with Crippen molar-refractivity contribution in [1.29, 1.82) is 0 Å². The van der Waals surface area contributed by atoms with Crippen molar-refractivity contribution in [2.45, 2.75) is 37.3 Å². The molecule has 0 radical (unpaired) electrons. The van der Waals surface area contributed by atoms with Crippen LogP contribution in [-0.4, -0.2) is 44.0 Å². The SMILES string of the molecule is COc1ccc2sc(C3(NC(=O)C[C@H](N)Cc4cc(F)c(F)cc4F)CCS(=O)(=O)CC3)nc2c1. The summed E-state index contributed by atoms with van der Waals surface area (Å²) in [6.45, 7) is 0. The van der Waals surface area contributed by atoms with E-state index in [-0.39, 0.29) is 42.8 Å². The van der Waals surface area contributed by atoms with Crippen molar-refractivity contribution in [3.05, 3.63) is 58.4 Å². The van der Waals surface area contributed by atoms with Crippen LogP contribution in [0.4, 0.5) is 13.2 Å². The number of nitrogens with two attached hydrogens (primary N) is 1. The van der Waals surface area contributed by atoms with Crippen LogP contribution >= 0.6 is 11.3 Å². The Bertz CT molecular complexity index is 1360. The second kappa shape index (κ2) is 9.75. The third kappa shape index (κ3) is 5.60. The number of hydrogen-bond acceptors (Lipinski definition) is 7. The lowest BCUT2D eigenvalue weighted by Crippen LogP contribution is -2.51. The van der Waals surface area contributed by atoms with Crippen LogP contribution in [0, 0.1) is 17.5 Å². The summed E-state index contributed by atoms with van der Waals surface area (Å²) in [6, 6.07) is 5.69. The lowest BCUT2D eigenvalue weighted by atomic mass is 9.92. The number of amides is 1. The molecular formula is C23H24F3N3O4S2. The average molecular weight is 528 g/mol. The predicted molar refractivity (Wildman–Crippen MR) is 126 cm³/mol. The molecule has 1 saturated heterocycles. The molecule has 1 atom stereocenters. The molecule has 1 aliphatic heterocycles. The highest BCUT2D eigenvalue weighted by Gasteiger charge is 2.42. The van der Waals surface area contributed by atoms with Crippen LogP contribution in [0.25, 0.3) is 10.2 Å². The second-order valence-corrected chi connectivity index (χ2v) is 12.0. The maximum absolute atomic E-state index is 14.0. The molecule has 35 heavy (non-hydrogen) atoms. The Morgan fingerprint density at radius 3 is 2.54 bits per heavy atom. The molecule has 12 heteroatoms. The van der Waals surface area contributed by atoms with Crippen LogP contribution < -0.4 is 15.8 Å². The summed E-state index contributed by atoms with van der Waals surface area (Å²) in [5.41, 5.74) is 5.54. The molecule has 1 amide bonds. The molecule has 2 aromatic carbocycles. The fourth-order valence-corrected chi connectivity index (χ4v) is 6.82. The highest BCUT2D eigenvalue weighted by molar-refractivity contribution is 7.91. The Morgan fingerprint density at radius 2 is 1.86 bits per heavy atom. The first-order valence-corrected chi connectivity index (χ1v) is 13.5. The molecular weight excluding hydrogens is 503 g/mol. The van der Waals surface area contributed by atoms with Gasteiger partial charge in [-0.15, -0.1) is 11.3 Å². The quantitative estimate of drug-likeness (QED) is 0.457. The molecule has 0 bridgehead atoms. The highest BCUT2D eigenvalue weighted by Crippen LogP contribution is 2.39. The molecule has 0 spiro atoms. The number of carbonyl (C=O) groups is 1. The summed E-state index contributed by atoms with van der Waals surface area (Å²) in [5.74, 6) is -3.53. The molecule has 2 heterocycles. The van der Waals surface area contributed by atoms with E-state index in [0.29, 0.717) is 22.3 Å². The molecule has 0 aliphatic carbocycles. The number of ether oxygens (including phenoxy) is 1. The number of nitrogens with zero attached hydrogens (tertiary/aromatic N) is 1. The largest absolute Gasteiger partial charge is 0.497 e. The van der Waals surface area contributed by atoms with Crippen molar-refractivity contribution in [2.24, 2.45) is 5.73 Å². The van der Waals surface area contributed by atoms with E-state index in [1.165, 1.54) is 18.4 Å². The van der Waals surface area contributed by atoms with E-state index in [2.05, 4.69) is 10.3 Å². The van der Waals surface area contributed by atoms with E-state index in [4.69, 9.17) is 10.5 Å². The van der Waals surface area contributed by atoms with Crippen LogP contribution in [0.2, 0.25) is 0 Å². The van der Waals surface area contributed by atoms with Gasteiger partial charge in [-0.05, 0) is 43.0 Å². The van der Waals surface area contributed by atoms with Crippen molar-refractivity contribution >= 4 is 37.3 Å². The topological polar surface area (TPSA) is 111 Å². The second-order valence-electron chi connectivity index (χ2n) is 8.66. The molecule has 7 nitrogen and oxygen atoms in total. The molecule has 1 fully saturated rings. The fourth-order valence-electron chi connectivity index (χ4n) is 4.15. The summed E-state index contributed by atoms with van der Waals surface area (Å²) in [7, 11) is -1.70. The van der Waals surface area contributed by atoms with Crippen molar-refractivity contribution in [3.63, 3.8) is 0 Å². The zero-order valence-electron chi connectivity index (χ0n) is 18.8. The predicted octanol–water partition coefficient (Wildman–Crippen LogP) is 3.20. The first-order valence-electron chi connectivity index (χ1n) is 10.9. The monoisotopic (exact) mass is 527 g/mol. The number of sulfone groups is 1. The van der Waals surface area contributed by atoms with Gasteiger partial charge >= 0.3 is 0 Å². The van der Waals surface area contributed by atoms with E-state index in [1.54, 1.807) is 12.1 Å². The van der Waals surface area contributed by atoms with Gasteiger partial charge in [-0.2, -0.15) is 0 Å². The smallest absolute Gasteiger partial charge is 0.222 e. The fraction of sp³-hybridized carbons (Fsp3) is 0.391. The highest BCUT2D eigenvalue weighted by atomic mass is 32.2. The van der Waals surface area contributed by atoms with E-state index >= 15 is 0 Å². The Labute approximate surface area is 204 Å². The van der Waals surface area contributed by atoms with E-state index in [0.717, 1.165) is 10.8 Å². The van der Waals surface area contributed by atoms with E-state index < -0.39 is 44.8 Å². The minimum absolute atomic E-state index is 0.112. The number of carbonyl (C=O) groups excluding carboxylic acids is 1. The van der Waals surface area contributed by atoms with Crippen molar-refractivity contribution in [2.75, 3.05) is 18.6 Å². The van der Waals surface area contributed by atoms with Crippen LogP contribution in [0.1, 0.15) is 29.8 Å². The lowest BCUT2D eigenvalue weighted by Gasteiger charge is -2.36. The molecule has 1 aliphatic rings. The van der Waals surface area contributed by atoms with Gasteiger partial charge in [-0.3, -0.25) is 4.79 Å². The standard InChI is InChI=1S/C23H24F3N3O4S2/c1-33-15-2-3-20-19(11-15)28-22(34-20)23(4-6-35(31,32)7-5-23)29-21(30)10-14(27)8-13-9-17(25)18(26)12-16(13)24/h2-3,9,11-12,14H,4-8,10,27H2,1H3,(H,29,30)/t14-/m1/s1. The van der Waals surface area contributed by atoms with Crippen molar-refractivity contribution in [3.8, 4) is 5.75 Å². The molecule has 3 N–H and O–H groups in total. The van der Waals surface area contributed by atoms with Gasteiger partial charge in [0.25, 0.3) is 0 Å². The zero-order valence-corrected chi connectivity index (χ0v) is 20.4. The van der Waals surface area contributed by atoms with Gasteiger partial charge in [0.05, 0.1) is 34.4 Å². The van der Waals surface area contributed by atoms with Gasteiger partial charge in [0.2, 0.25) is 5.91 Å². The van der Waals surface area contributed by atoms with Gasteiger partial charge < -0.3 is 15.8 Å². The molecule has 0 unspecified atom stereocenters. The first-order chi connectivity index (χ1) is 16.5. The third-order valence-electron chi connectivity index (χ3n) is 6.08. The Balaban J connectivity index is 1.55. The number of fused-ring (bicyclic) bond motifs is 1. The number of thiazole rings is 1. The minimum atomic E-state index is -3.24. The molecule has 3 aromatic rings. The molecule has 1 aromatic heterocycles. The van der Waals surface area contributed by atoms with Crippen LogP contribution in [0.3, 0.4) is 0 Å². The summed E-state index contributed by atoms with van der Waals surface area (Å²) in [4.78, 5) is 17.6. The van der Waals surface area contributed by atoms with Gasteiger partial charge in [0.1, 0.15) is 16.6 Å². The maximum Gasteiger partial charge on any atom is 0.222 e. The average Bonchev–Trinajstić information content (AvgIpc) is 3.23. The third-order valence-corrected chi connectivity index (χ3v) is 8.97. The van der Waals surface area contributed by atoms with Crippen LogP contribution in [0.15, 0.2) is 30.3 Å². The van der Waals surface area contributed by atoms with E-state index in [1.807, 2.05) is 6.07 Å².